The van der Waals surface area contributed by atoms with E-state index in [1.54, 1.807) is 18.2 Å². The lowest BCUT2D eigenvalue weighted by atomic mass is 10.2. The molecule has 0 bridgehead atoms. The summed E-state index contributed by atoms with van der Waals surface area (Å²) in [6.45, 7) is 0.868. The Hall–Kier alpha value is -0.650. The SMILES string of the molecule is O=C([C@@H]1CCCN1)N(Cl)c1cccc(Br)n1. The first-order chi connectivity index (χ1) is 7.68. The highest BCUT2D eigenvalue weighted by Crippen LogP contribution is 2.19. The lowest BCUT2D eigenvalue weighted by Gasteiger charge is -2.17. The van der Waals surface area contributed by atoms with Crippen molar-refractivity contribution in [3.8, 4) is 0 Å². The van der Waals surface area contributed by atoms with Gasteiger partial charge in [-0.1, -0.05) is 6.07 Å². The van der Waals surface area contributed by atoms with Crippen LogP contribution < -0.4 is 9.74 Å². The smallest absolute Gasteiger partial charge is 0.260 e. The van der Waals surface area contributed by atoms with Crippen molar-refractivity contribution in [3.05, 3.63) is 22.8 Å². The maximum Gasteiger partial charge on any atom is 0.260 e. The molecule has 1 aromatic heterocycles. The van der Waals surface area contributed by atoms with Gasteiger partial charge in [0.25, 0.3) is 5.91 Å². The van der Waals surface area contributed by atoms with E-state index in [9.17, 15) is 4.79 Å². The second-order valence-electron chi connectivity index (χ2n) is 3.59. The van der Waals surface area contributed by atoms with Crippen molar-refractivity contribution in [2.75, 3.05) is 11.0 Å². The first-order valence-electron chi connectivity index (χ1n) is 5.04. The Morgan fingerprint density at radius 3 is 3.06 bits per heavy atom. The number of carbonyl (C=O) groups is 1. The lowest BCUT2D eigenvalue weighted by molar-refractivity contribution is -0.119. The van der Waals surface area contributed by atoms with Gasteiger partial charge in [0.05, 0.1) is 6.04 Å². The number of anilines is 1. The zero-order chi connectivity index (χ0) is 11.5. The van der Waals surface area contributed by atoms with Gasteiger partial charge in [-0.2, -0.15) is 0 Å². The van der Waals surface area contributed by atoms with Gasteiger partial charge >= 0.3 is 0 Å². The van der Waals surface area contributed by atoms with Crippen molar-refractivity contribution in [2.45, 2.75) is 18.9 Å². The summed E-state index contributed by atoms with van der Waals surface area (Å²) in [6, 6.07) is 5.09. The number of halogens is 2. The molecule has 1 saturated heterocycles. The van der Waals surface area contributed by atoms with Crippen molar-refractivity contribution in [1.29, 1.82) is 0 Å². The standard InChI is InChI=1S/C10H11BrClN3O/c11-8-4-1-5-9(14-8)15(12)10(16)7-3-2-6-13-7/h1,4-5,7,13H,2-3,6H2/t7-/m0/s1. The van der Waals surface area contributed by atoms with E-state index in [1.807, 2.05) is 0 Å². The van der Waals surface area contributed by atoms with Crippen LogP contribution in [0.3, 0.4) is 0 Å². The molecular formula is C10H11BrClN3O. The molecule has 86 valence electrons. The van der Waals surface area contributed by atoms with Crippen LogP contribution >= 0.6 is 27.7 Å². The monoisotopic (exact) mass is 303 g/mol. The predicted molar refractivity (Wildman–Crippen MR) is 66.3 cm³/mol. The number of pyridine rings is 1. The van der Waals surface area contributed by atoms with Gasteiger partial charge in [-0.15, -0.1) is 0 Å². The number of nitrogens with one attached hydrogen (secondary N) is 1. The summed E-state index contributed by atoms with van der Waals surface area (Å²) in [5.74, 6) is 0.291. The Balaban J connectivity index is 2.11. The summed E-state index contributed by atoms with van der Waals surface area (Å²) in [4.78, 5) is 16.1. The molecule has 0 spiro atoms. The molecule has 0 aromatic carbocycles. The van der Waals surface area contributed by atoms with E-state index in [4.69, 9.17) is 11.8 Å². The summed E-state index contributed by atoms with van der Waals surface area (Å²) < 4.78 is 1.73. The second kappa shape index (κ2) is 5.12. The molecule has 0 aliphatic carbocycles. The van der Waals surface area contributed by atoms with E-state index >= 15 is 0 Å². The minimum absolute atomic E-state index is 0.148. The fraction of sp³-hybridized carbons (Fsp3) is 0.400. The highest BCUT2D eigenvalue weighted by molar-refractivity contribution is 9.10. The number of nitrogens with zero attached hydrogens (tertiary/aromatic N) is 2. The maximum absolute atomic E-state index is 11.9. The van der Waals surface area contributed by atoms with Crippen LogP contribution in [0.25, 0.3) is 0 Å². The summed E-state index contributed by atoms with van der Waals surface area (Å²) in [6.07, 6.45) is 1.84. The fourth-order valence-corrected chi connectivity index (χ4v) is 2.20. The molecule has 4 nitrogen and oxygen atoms in total. The zero-order valence-corrected chi connectivity index (χ0v) is 10.8. The van der Waals surface area contributed by atoms with Crippen LogP contribution in [0.1, 0.15) is 12.8 Å². The summed E-state index contributed by atoms with van der Waals surface area (Å²) in [5, 5.41) is 3.11. The first kappa shape index (κ1) is 11.8. The molecule has 1 N–H and O–H groups in total. The molecule has 1 fully saturated rings. The number of carbonyl (C=O) groups excluding carboxylic acids is 1. The van der Waals surface area contributed by atoms with Crippen LogP contribution in [-0.2, 0) is 4.79 Å². The molecule has 2 heterocycles. The van der Waals surface area contributed by atoms with Gasteiger partial charge in [-0.3, -0.25) is 4.79 Å². The van der Waals surface area contributed by atoms with Crippen LogP contribution in [-0.4, -0.2) is 23.5 Å². The average Bonchev–Trinajstić information content (AvgIpc) is 2.80. The van der Waals surface area contributed by atoms with Gasteiger partial charge in [-0.25, -0.2) is 9.40 Å². The number of rotatable bonds is 2. The van der Waals surface area contributed by atoms with E-state index in [2.05, 4.69) is 26.2 Å². The third-order valence-electron chi connectivity index (χ3n) is 2.45. The second-order valence-corrected chi connectivity index (χ2v) is 4.74. The van der Waals surface area contributed by atoms with E-state index < -0.39 is 0 Å². The van der Waals surface area contributed by atoms with Gasteiger partial charge in [0, 0.05) is 11.8 Å². The van der Waals surface area contributed by atoms with Crippen molar-refractivity contribution in [2.24, 2.45) is 0 Å². The minimum Gasteiger partial charge on any atom is -0.306 e. The van der Waals surface area contributed by atoms with Gasteiger partial charge in [-0.05, 0) is 47.4 Å². The van der Waals surface area contributed by atoms with E-state index in [0.717, 1.165) is 23.8 Å². The van der Waals surface area contributed by atoms with Crippen LogP contribution in [0.5, 0.6) is 0 Å². The van der Waals surface area contributed by atoms with E-state index in [-0.39, 0.29) is 11.9 Å². The number of hydrogen-bond acceptors (Lipinski definition) is 3. The van der Waals surface area contributed by atoms with Gasteiger partial charge in [0.1, 0.15) is 4.60 Å². The molecule has 1 atom stereocenters. The summed E-state index contributed by atoms with van der Waals surface area (Å²) in [5.41, 5.74) is 0. The summed E-state index contributed by atoms with van der Waals surface area (Å²) >= 11 is 9.21. The molecule has 1 amide bonds. The van der Waals surface area contributed by atoms with Crippen molar-refractivity contribution in [3.63, 3.8) is 0 Å². The Morgan fingerprint density at radius 1 is 1.62 bits per heavy atom. The molecule has 1 aliphatic rings. The normalized spacial score (nSPS) is 19.8. The van der Waals surface area contributed by atoms with Crippen molar-refractivity contribution < 1.29 is 4.79 Å². The van der Waals surface area contributed by atoms with E-state index in [0.29, 0.717) is 10.4 Å². The topological polar surface area (TPSA) is 45.2 Å². The highest BCUT2D eigenvalue weighted by Gasteiger charge is 2.27. The van der Waals surface area contributed by atoms with Crippen LogP contribution in [0.15, 0.2) is 22.8 Å². The minimum atomic E-state index is -0.182. The van der Waals surface area contributed by atoms with Crippen molar-refractivity contribution in [1.82, 2.24) is 10.3 Å². The number of amides is 1. The Kier molecular flexibility index (Phi) is 3.78. The van der Waals surface area contributed by atoms with E-state index in [1.165, 1.54) is 0 Å². The fourth-order valence-electron chi connectivity index (χ4n) is 1.65. The molecule has 1 aromatic rings. The molecule has 1 aliphatic heterocycles. The van der Waals surface area contributed by atoms with Gasteiger partial charge < -0.3 is 5.32 Å². The Labute approximate surface area is 107 Å². The highest BCUT2D eigenvalue weighted by atomic mass is 79.9. The first-order valence-corrected chi connectivity index (χ1v) is 6.17. The predicted octanol–water partition coefficient (Wildman–Crippen LogP) is 2.08. The van der Waals surface area contributed by atoms with Gasteiger partial charge in [0.2, 0.25) is 0 Å². The molecule has 0 unspecified atom stereocenters. The average molecular weight is 305 g/mol. The Bertz CT molecular complexity index is 395. The van der Waals surface area contributed by atoms with Crippen LogP contribution in [0.4, 0.5) is 5.82 Å². The molecule has 6 heteroatoms. The van der Waals surface area contributed by atoms with Gasteiger partial charge in [0.15, 0.2) is 5.82 Å². The third-order valence-corrected chi connectivity index (χ3v) is 3.23. The molecule has 0 radical (unpaired) electrons. The number of aromatic nitrogens is 1. The lowest BCUT2D eigenvalue weighted by Crippen LogP contribution is -2.39. The molecule has 2 rings (SSSR count). The Morgan fingerprint density at radius 2 is 2.44 bits per heavy atom. The third kappa shape index (κ3) is 2.53. The van der Waals surface area contributed by atoms with Crippen molar-refractivity contribution >= 4 is 39.4 Å². The number of hydrogen-bond donors (Lipinski definition) is 1. The largest absolute Gasteiger partial charge is 0.306 e. The quantitative estimate of drug-likeness (QED) is 0.672. The molecule has 16 heavy (non-hydrogen) atoms. The maximum atomic E-state index is 11.9. The summed E-state index contributed by atoms with van der Waals surface area (Å²) in [7, 11) is 0. The van der Waals surface area contributed by atoms with Crippen LogP contribution in [0.2, 0.25) is 0 Å². The zero-order valence-electron chi connectivity index (χ0n) is 8.49. The van der Waals surface area contributed by atoms with Crippen LogP contribution in [0, 0.1) is 0 Å². The molecule has 0 saturated carbocycles. The molecular weight excluding hydrogens is 293 g/mol.